The number of hydrogen-bond donors (Lipinski definition) is 1. The van der Waals surface area contributed by atoms with Crippen LogP contribution in [0.4, 0.5) is 17.6 Å². The van der Waals surface area contributed by atoms with E-state index in [1.165, 1.54) is 6.07 Å². The number of likely N-dealkylation sites (tertiary alicyclic amines) is 1. The number of fused-ring (bicyclic) bond motifs is 1. The molecule has 7 nitrogen and oxygen atoms in total. The van der Waals surface area contributed by atoms with Gasteiger partial charge in [-0.05, 0) is 54.0 Å². The summed E-state index contributed by atoms with van der Waals surface area (Å²) in [5.41, 5.74) is 9.86. The van der Waals surface area contributed by atoms with Gasteiger partial charge < -0.3 is 15.2 Å². The summed E-state index contributed by atoms with van der Waals surface area (Å²) < 4.78 is 60.2. The Morgan fingerprint density at radius 1 is 1.09 bits per heavy atom. The van der Waals surface area contributed by atoms with Gasteiger partial charge in [-0.25, -0.2) is 4.39 Å². The maximum absolute atomic E-state index is 14.6. The van der Waals surface area contributed by atoms with Gasteiger partial charge in [0.1, 0.15) is 5.82 Å². The zero-order valence-corrected chi connectivity index (χ0v) is 25.3. The number of benzene rings is 2. The third-order valence-corrected chi connectivity index (χ3v) is 7.65. The third kappa shape index (κ3) is 7.70. The number of carbonyl (C=O) groups excluding carboxylic acids is 1. The van der Waals surface area contributed by atoms with Crippen molar-refractivity contribution < 1.29 is 27.1 Å². The first-order valence-electron chi connectivity index (χ1n) is 13.8. The fourth-order valence-electron chi connectivity index (χ4n) is 5.65. The van der Waals surface area contributed by atoms with E-state index < -0.39 is 13.0 Å². The van der Waals surface area contributed by atoms with Crippen LogP contribution >= 0.6 is 24.8 Å². The number of aryl methyl sites for hydroxylation is 1. The Balaban J connectivity index is 0.00000253. The van der Waals surface area contributed by atoms with Gasteiger partial charge in [-0.1, -0.05) is 31.2 Å². The van der Waals surface area contributed by atoms with Crippen LogP contribution in [0.3, 0.4) is 0 Å². The Morgan fingerprint density at radius 2 is 1.84 bits per heavy atom. The monoisotopic (exact) mass is 643 g/mol. The first kappa shape index (κ1) is 34.4. The van der Waals surface area contributed by atoms with E-state index in [0.717, 1.165) is 29.7 Å². The van der Waals surface area contributed by atoms with Crippen LogP contribution in [0, 0.1) is 5.82 Å². The molecule has 3 heterocycles. The number of piperidine rings is 1. The number of nitrogens with zero attached hydrogens (tertiary/aromatic N) is 4. The zero-order chi connectivity index (χ0) is 29.1. The van der Waals surface area contributed by atoms with E-state index in [1.54, 1.807) is 40.1 Å². The van der Waals surface area contributed by atoms with E-state index in [1.807, 2.05) is 23.0 Å². The van der Waals surface area contributed by atoms with Gasteiger partial charge in [0.25, 0.3) is 5.91 Å². The van der Waals surface area contributed by atoms with Crippen LogP contribution in [0.25, 0.3) is 22.0 Å². The third-order valence-electron chi connectivity index (χ3n) is 7.65. The minimum absolute atomic E-state index is 0. The Hall–Kier alpha value is -3.12. The molecule has 234 valence electrons. The smallest absolute Gasteiger partial charge is 0.344 e. The SMILES string of the molecule is CCCn1cc(-c2cccc3c2c(C(=O)N2CCC(c4cc(CN)ccc4F)CC2)cn3CCOC(F)(F)F)cn1.Cl.Cl. The number of halogens is 6. The zero-order valence-electron chi connectivity index (χ0n) is 23.6. The molecule has 0 unspecified atom stereocenters. The van der Waals surface area contributed by atoms with Crippen LogP contribution in [0.15, 0.2) is 55.0 Å². The summed E-state index contributed by atoms with van der Waals surface area (Å²) in [5, 5.41) is 5.08. The number of aromatic nitrogens is 3. The summed E-state index contributed by atoms with van der Waals surface area (Å²) in [6, 6.07) is 10.4. The van der Waals surface area contributed by atoms with Crippen molar-refractivity contribution in [3.05, 3.63) is 77.5 Å². The van der Waals surface area contributed by atoms with Crippen molar-refractivity contribution in [1.29, 1.82) is 0 Å². The topological polar surface area (TPSA) is 78.3 Å². The predicted molar refractivity (Wildman–Crippen MR) is 162 cm³/mol. The number of alkyl halides is 3. The second-order valence-electron chi connectivity index (χ2n) is 10.3. The molecule has 0 radical (unpaired) electrons. The van der Waals surface area contributed by atoms with Gasteiger partial charge in [0.05, 0.1) is 18.4 Å². The molecule has 1 saturated heterocycles. The highest BCUT2D eigenvalue weighted by Crippen LogP contribution is 2.36. The largest absolute Gasteiger partial charge is 0.522 e. The van der Waals surface area contributed by atoms with E-state index in [9.17, 15) is 22.4 Å². The van der Waals surface area contributed by atoms with Gasteiger partial charge >= 0.3 is 6.36 Å². The van der Waals surface area contributed by atoms with Crippen LogP contribution < -0.4 is 5.73 Å². The van der Waals surface area contributed by atoms with Crippen molar-refractivity contribution >= 4 is 41.6 Å². The van der Waals surface area contributed by atoms with E-state index in [0.29, 0.717) is 54.5 Å². The number of ether oxygens (including phenoxy) is 1. The molecule has 4 aromatic rings. The minimum Gasteiger partial charge on any atom is -0.344 e. The Kier molecular flexibility index (Phi) is 11.6. The van der Waals surface area contributed by atoms with Crippen molar-refractivity contribution in [2.45, 2.75) is 58.1 Å². The quantitative estimate of drug-likeness (QED) is 0.201. The van der Waals surface area contributed by atoms with Crippen molar-refractivity contribution in [3.63, 3.8) is 0 Å². The molecule has 0 spiro atoms. The van der Waals surface area contributed by atoms with Crippen LogP contribution in [0.5, 0.6) is 0 Å². The summed E-state index contributed by atoms with van der Waals surface area (Å²) in [6.07, 6.45) is 2.60. The normalized spacial score (nSPS) is 14.0. The number of rotatable bonds is 9. The van der Waals surface area contributed by atoms with Crippen molar-refractivity contribution in [1.82, 2.24) is 19.2 Å². The molecular weight excluding hydrogens is 609 g/mol. The Labute approximate surface area is 259 Å². The van der Waals surface area contributed by atoms with Crippen molar-refractivity contribution in [3.8, 4) is 11.1 Å². The maximum Gasteiger partial charge on any atom is 0.522 e. The number of nitrogens with two attached hydrogens (primary N) is 1. The molecule has 0 saturated carbocycles. The average Bonchev–Trinajstić information content (AvgIpc) is 3.58. The first-order valence-corrected chi connectivity index (χ1v) is 13.8. The van der Waals surface area contributed by atoms with Crippen LogP contribution in [-0.4, -0.2) is 51.2 Å². The number of amides is 1. The molecule has 2 aromatic heterocycles. The molecule has 0 aliphatic carbocycles. The molecule has 13 heteroatoms. The van der Waals surface area contributed by atoms with Crippen molar-refractivity contribution in [2.24, 2.45) is 5.73 Å². The van der Waals surface area contributed by atoms with Gasteiger partial charge in [-0.3, -0.25) is 14.2 Å². The summed E-state index contributed by atoms with van der Waals surface area (Å²) in [6.45, 7) is 3.30. The Morgan fingerprint density at radius 3 is 2.51 bits per heavy atom. The van der Waals surface area contributed by atoms with Crippen molar-refractivity contribution in [2.75, 3.05) is 19.7 Å². The van der Waals surface area contributed by atoms with Crippen LogP contribution in [0.1, 0.15) is 53.6 Å². The summed E-state index contributed by atoms with van der Waals surface area (Å²) in [4.78, 5) is 15.7. The highest BCUT2D eigenvalue weighted by atomic mass is 35.5. The van der Waals surface area contributed by atoms with Gasteiger partial charge in [0.2, 0.25) is 0 Å². The fourth-order valence-corrected chi connectivity index (χ4v) is 5.65. The summed E-state index contributed by atoms with van der Waals surface area (Å²) in [7, 11) is 0. The average molecular weight is 645 g/mol. The second kappa shape index (κ2) is 14.6. The Bertz CT molecular complexity index is 1530. The van der Waals surface area contributed by atoms with E-state index in [4.69, 9.17) is 5.73 Å². The highest BCUT2D eigenvalue weighted by molar-refractivity contribution is 6.12. The first-order chi connectivity index (χ1) is 19.7. The van der Waals surface area contributed by atoms with E-state index in [-0.39, 0.29) is 49.0 Å². The molecule has 1 fully saturated rings. The van der Waals surface area contributed by atoms with Gasteiger partial charge in [0.15, 0.2) is 0 Å². The van der Waals surface area contributed by atoms with E-state index in [2.05, 4.69) is 16.8 Å². The second-order valence-corrected chi connectivity index (χ2v) is 10.3. The number of hydrogen-bond acceptors (Lipinski definition) is 4. The van der Waals surface area contributed by atoms with Gasteiger partial charge in [-0.15, -0.1) is 38.0 Å². The number of carbonyl (C=O) groups is 1. The molecule has 43 heavy (non-hydrogen) atoms. The minimum atomic E-state index is -4.74. The fraction of sp³-hybridized carbons (Fsp3) is 0.400. The molecule has 1 amide bonds. The molecule has 2 aromatic carbocycles. The van der Waals surface area contributed by atoms with Gasteiger partial charge in [0, 0.05) is 61.6 Å². The molecule has 2 N–H and O–H groups in total. The lowest BCUT2D eigenvalue weighted by molar-refractivity contribution is -0.325. The molecule has 0 atom stereocenters. The lowest BCUT2D eigenvalue weighted by atomic mass is 9.88. The summed E-state index contributed by atoms with van der Waals surface area (Å²) >= 11 is 0. The lowest BCUT2D eigenvalue weighted by Gasteiger charge is -2.32. The van der Waals surface area contributed by atoms with Gasteiger partial charge in [-0.2, -0.15) is 5.10 Å². The lowest BCUT2D eigenvalue weighted by Crippen LogP contribution is -2.38. The van der Waals surface area contributed by atoms with Crippen LogP contribution in [-0.2, 0) is 24.4 Å². The van der Waals surface area contributed by atoms with E-state index >= 15 is 0 Å². The molecule has 1 aliphatic rings. The molecule has 5 rings (SSSR count). The highest BCUT2D eigenvalue weighted by Gasteiger charge is 2.31. The maximum atomic E-state index is 14.6. The summed E-state index contributed by atoms with van der Waals surface area (Å²) in [5.74, 6) is -0.524. The standard InChI is InChI=1S/C30H33F4N5O2.2ClH/c1-2-10-39-18-22(17-36-39)23-4-3-5-27-28(23)25(19-38(27)13-14-41-30(32,33)34)29(40)37-11-8-21(9-12-37)24-15-20(16-35)6-7-26(24)31;;/h3-7,15,17-19,21H,2,8-14,16,35H2,1H3;2*1H. The molecule has 1 aliphatic heterocycles. The van der Waals surface area contributed by atoms with Crippen LogP contribution in [0.2, 0.25) is 0 Å². The molecule has 0 bridgehead atoms. The predicted octanol–water partition coefficient (Wildman–Crippen LogP) is 6.91. The molecular formula is C30H35Cl2F4N5O2.